The Kier molecular flexibility index (Phi) is 8.66. The predicted molar refractivity (Wildman–Crippen MR) is 211 cm³/mol. The van der Waals surface area contributed by atoms with Gasteiger partial charge in [-0.3, -0.25) is 0 Å². The fourth-order valence-electron chi connectivity index (χ4n) is 6.95. The molecular formula is C48H36N2. The van der Waals surface area contributed by atoms with Crippen LogP contribution in [0.25, 0.3) is 45.2 Å². The molecule has 2 nitrogen and oxygen atoms in total. The molecule has 1 aliphatic heterocycles. The fourth-order valence-corrected chi connectivity index (χ4v) is 6.95. The van der Waals surface area contributed by atoms with Gasteiger partial charge in [0, 0.05) is 33.4 Å². The van der Waals surface area contributed by atoms with Crippen LogP contribution in [0.4, 0.5) is 5.82 Å². The molecule has 0 amide bonds. The quantitative estimate of drug-likeness (QED) is 0.178. The summed E-state index contributed by atoms with van der Waals surface area (Å²) in [6, 6.07) is 52.8. The lowest BCUT2D eigenvalue weighted by molar-refractivity contribution is 1.02. The minimum absolute atomic E-state index is 0.660. The maximum atomic E-state index is 5.68. The Morgan fingerprint density at radius 3 is 1.54 bits per heavy atom. The largest absolute Gasteiger partial charge is 0.227 e. The van der Waals surface area contributed by atoms with Gasteiger partial charge in [0.25, 0.3) is 0 Å². The van der Waals surface area contributed by atoms with Gasteiger partial charge in [-0.25, -0.2) is 9.98 Å². The van der Waals surface area contributed by atoms with E-state index in [-0.39, 0.29) is 0 Å². The van der Waals surface area contributed by atoms with Gasteiger partial charge in [0.05, 0.1) is 11.4 Å². The molecule has 50 heavy (non-hydrogen) atoms. The van der Waals surface area contributed by atoms with Crippen LogP contribution >= 0.6 is 0 Å². The normalized spacial score (nSPS) is 17.4. The SMILES string of the molecule is C=C1/C=C\c2c(nc(-c3ccccc3)c(-c3ccccc3)c2-c2ccccc2)/N=C(c2ccccc2)\C(c2ccccc2)=C/1C1=CCCC=C1. The number of benzene rings is 5. The van der Waals surface area contributed by atoms with Gasteiger partial charge in [-0.05, 0) is 52.3 Å². The average Bonchev–Trinajstić information content (AvgIpc) is 3.25. The molecule has 0 spiro atoms. The summed E-state index contributed by atoms with van der Waals surface area (Å²) in [5.41, 5.74) is 14.4. The molecule has 6 aromatic rings. The van der Waals surface area contributed by atoms with E-state index >= 15 is 0 Å². The molecule has 0 bridgehead atoms. The number of pyridine rings is 1. The van der Waals surface area contributed by atoms with E-state index in [0.29, 0.717) is 5.82 Å². The number of hydrogen-bond donors (Lipinski definition) is 0. The highest BCUT2D eigenvalue weighted by Gasteiger charge is 2.27. The summed E-state index contributed by atoms with van der Waals surface area (Å²) >= 11 is 0. The zero-order valence-electron chi connectivity index (χ0n) is 27.8. The van der Waals surface area contributed by atoms with Crippen LogP contribution in [0.1, 0.15) is 29.5 Å². The van der Waals surface area contributed by atoms with E-state index in [1.165, 1.54) is 0 Å². The summed E-state index contributed by atoms with van der Waals surface area (Å²) in [5, 5.41) is 0. The molecule has 2 heterocycles. The van der Waals surface area contributed by atoms with Crippen molar-refractivity contribution < 1.29 is 0 Å². The summed E-state index contributed by atoms with van der Waals surface area (Å²) < 4.78 is 0. The third-order valence-electron chi connectivity index (χ3n) is 9.26. The summed E-state index contributed by atoms with van der Waals surface area (Å²) in [7, 11) is 0. The second kappa shape index (κ2) is 14.0. The minimum atomic E-state index is 0.660. The number of fused-ring (bicyclic) bond motifs is 1. The molecule has 5 aromatic carbocycles. The van der Waals surface area contributed by atoms with E-state index in [1.807, 2.05) is 0 Å². The van der Waals surface area contributed by atoms with Crippen LogP contribution in [0.2, 0.25) is 0 Å². The highest BCUT2D eigenvalue weighted by atomic mass is 14.9. The smallest absolute Gasteiger partial charge is 0.161 e. The Hall–Kier alpha value is -6.38. The number of aliphatic imine (C=N–C) groups is 1. The Bertz CT molecular complexity index is 2330. The molecule has 0 N–H and O–H groups in total. The van der Waals surface area contributed by atoms with E-state index in [2.05, 4.69) is 182 Å². The zero-order chi connectivity index (χ0) is 33.7. The van der Waals surface area contributed by atoms with Gasteiger partial charge in [0.2, 0.25) is 0 Å². The first-order valence-electron chi connectivity index (χ1n) is 17.2. The van der Waals surface area contributed by atoms with Gasteiger partial charge in [0.15, 0.2) is 5.82 Å². The Morgan fingerprint density at radius 2 is 0.980 bits per heavy atom. The van der Waals surface area contributed by atoms with E-state index in [0.717, 1.165) is 91.0 Å². The number of allylic oxidation sites excluding steroid dienone is 8. The lowest BCUT2D eigenvalue weighted by Gasteiger charge is -2.21. The second-order valence-corrected chi connectivity index (χ2v) is 12.5. The van der Waals surface area contributed by atoms with Gasteiger partial charge >= 0.3 is 0 Å². The highest BCUT2D eigenvalue weighted by Crippen LogP contribution is 2.46. The molecular weight excluding hydrogens is 605 g/mol. The molecule has 1 aliphatic carbocycles. The van der Waals surface area contributed by atoms with E-state index in [9.17, 15) is 0 Å². The van der Waals surface area contributed by atoms with Gasteiger partial charge in [-0.1, -0.05) is 183 Å². The summed E-state index contributed by atoms with van der Waals surface area (Å²) in [4.78, 5) is 11.2. The lowest BCUT2D eigenvalue weighted by atomic mass is 9.83. The first-order valence-corrected chi connectivity index (χ1v) is 17.2. The Balaban J connectivity index is 1.55. The Morgan fingerprint density at radius 1 is 0.460 bits per heavy atom. The molecule has 2 heteroatoms. The third kappa shape index (κ3) is 6.04. The molecule has 0 atom stereocenters. The summed E-state index contributed by atoms with van der Waals surface area (Å²) in [6.07, 6.45) is 13.2. The monoisotopic (exact) mass is 640 g/mol. The maximum Gasteiger partial charge on any atom is 0.161 e. The van der Waals surface area contributed by atoms with Crippen molar-refractivity contribution in [3.8, 4) is 33.5 Å². The van der Waals surface area contributed by atoms with Gasteiger partial charge in [-0.15, -0.1) is 0 Å². The van der Waals surface area contributed by atoms with Crippen molar-refractivity contribution in [2.24, 2.45) is 4.99 Å². The van der Waals surface area contributed by atoms with Crippen molar-refractivity contribution in [3.63, 3.8) is 0 Å². The summed E-state index contributed by atoms with van der Waals surface area (Å²) in [5.74, 6) is 0.660. The molecule has 1 aromatic heterocycles. The first-order chi connectivity index (χ1) is 24.8. The molecule has 0 unspecified atom stereocenters. The van der Waals surface area contributed by atoms with Gasteiger partial charge in [-0.2, -0.15) is 0 Å². The molecule has 8 rings (SSSR count). The minimum Gasteiger partial charge on any atom is -0.227 e. The standard InChI is InChI=1S/C48H36N2/c1-34-32-33-41-43(36-22-10-3-11-23-36)45(38-26-14-5-15-27-38)47(40-30-18-7-19-31-40)50-48(41)49-46(39-28-16-6-17-29-39)44(37-24-12-4-13-25-37)42(34)35-20-8-2-9-21-35/h3-8,10-33H,1-2,9H2/b33-32-,44-42+,49-46-. The van der Waals surface area contributed by atoms with Crippen LogP contribution in [0.3, 0.4) is 0 Å². The maximum absolute atomic E-state index is 5.68. The number of rotatable bonds is 6. The molecule has 0 fully saturated rings. The highest BCUT2D eigenvalue weighted by molar-refractivity contribution is 6.34. The molecule has 2 aliphatic rings. The van der Waals surface area contributed by atoms with Crippen molar-refractivity contribution >= 4 is 23.2 Å². The fraction of sp³-hybridized carbons (Fsp3) is 0.0417. The molecule has 0 saturated heterocycles. The van der Waals surface area contributed by atoms with E-state index in [4.69, 9.17) is 16.6 Å². The van der Waals surface area contributed by atoms with Crippen molar-refractivity contribution in [1.82, 2.24) is 4.98 Å². The Labute approximate surface area is 294 Å². The van der Waals surface area contributed by atoms with Crippen LogP contribution in [-0.2, 0) is 0 Å². The molecule has 238 valence electrons. The number of nitrogens with zero attached hydrogens (tertiary/aromatic N) is 2. The van der Waals surface area contributed by atoms with E-state index in [1.54, 1.807) is 0 Å². The van der Waals surface area contributed by atoms with Crippen LogP contribution in [-0.4, -0.2) is 10.7 Å². The van der Waals surface area contributed by atoms with Crippen LogP contribution in [0.5, 0.6) is 0 Å². The first kappa shape index (κ1) is 30.9. The van der Waals surface area contributed by atoms with Crippen molar-refractivity contribution in [2.45, 2.75) is 12.8 Å². The lowest BCUT2D eigenvalue weighted by Crippen LogP contribution is -2.10. The topological polar surface area (TPSA) is 25.2 Å². The third-order valence-corrected chi connectivity index (χ3v) is 9.26. The van der Waals surface area contributed by atoms with Crippen LogP contribution in [0.15, 0.2) is 204 Å². The number of hydrogen-bond acceptors (Lipinski definition) is 2. The summed E-state index contributed by atoms with van der Waals surface area (Å²) in [6.45, 7) is 4.74. The van der Waals surface area contributed by atoms with Gasteiger partial charge in [0.1, 0.15) is 0 Å². The van der Waals surface area contributed by atoms with Gasteiger partial charge < -0.3 is 0 Å². The molecule has 0 saturated carbocycles. The number of aromatic nitrogens is 1. The van der Waals surface area contributed by atoms with Crippen LogP contribution < -0.4 is 0 Å². The average molecular weight is 641 g/mol. The van der Waals surface area contributed by atoms with Crippen molar-refractivity contribution in [2.75, 3.05) is 0 Å². The van der Waals surface area contributed by atoms with Crippen molar-refractivity contribution in [3.05, 3.63) is 216 Å². The molecule has 0 radical (unpaired) electrons. The van der Waals surface area contributed by atoms with Crippen molar-refractivity contribution in [1.29, 1.82) is 0 Å². The van der Waals surface area contributed by atoms with Crippen LogP contribution in [0, 0.1) is 0 Å². The van der Waals surface area contributed by atoms with E-state index < -0.39 is 0 Å². The second-order valence-electron chi connectivity index (χ2n) is 12.5. The predicted octanol–water partition coefficient (Wildman–Crippen LogP) is 12.5. The zero-order valence-corrected chi connectivity index (χ0v) is 27.8.